The van der Waals surface area contributed by atoms with E-state index in [1.54, 1.807) is 13.2 Å². The molecular weight excluding hydrogens is 582 g/mol. The number of allylic oxidation sites excluding steroid dienone is 1. The van der Waals surface area contributed by atoms with Crippen molar-refractivity contribution in [2.45, 2.75) is 72.1 Å². The molecule has 5 rings (SSSR count). The Balaban J connectivity index is 1.44. The Morgan fingerprint density at radius 1 is 1.07 bits per heavy atom. The van der Waals surface area contributed by atoms with Gasteiger partial charge in [-0.05, 0) is 61.3 Å². The van der Waals surface area contributed by atoms with E-state index >= 15 is 0 Å². The van der Waals surface area contributed by atoms with Gasteiger partial charge < -0.3 is 24.5 Å². The van der Waals surface area contributed by atoms with Crippen molar-refractivity contribution in [1.29, 1.82) is 0 Å². The number of carbonyl (C=O) groups excluding carboxylic acids is 2. The summed E-state index contributed by atoms with van der Waals surface area (Å²) in [7, 11) is 1.63. The Labute approximate surface area is 270 Å². The van der Waals surface area contributed by atoms with E-state index in [9.17, 15) is 9.59 Å². The summed E-state index contributed by atoms with van der Waals surface area (Å²) in [5, 5.41) is 10.7. The maximum atomic E-state index is 13.8. The van der Waals surface area contributed by atoms with Crippen molar-refractivity contribution in [2.24, 2.45) is 11.8 Å². The number of amides is 2. The van der Waals surface area contributed by atoms with Crippen molar-refractivity contribution in [2.75, 3.05) is 7.11 Å². The second kappa shape index (κ2) is 15.4. The van der Waals surface area contributed by atoms with Crippen LogP contribution in [-0.2, 0) is 17.9 Å². The van der Waals surface area contributed by atoms with Gasteiger partial charge in [-0.25, -0.2) is 4.98 Å². The molecule has 242 valence electrons. The van der Waals surface area contributed by atoms with Crippen LogP contribution in [0.2, 0.25) is 0 Å². The zero-order chi connectivity index (χ0) is 32.5. The third kappa shape index (κ3) is 8.44. The largest absolute Gasteiger partial charge is 0.496 e. The van der Waals surface area contributed by atoms with Crippen LogP contribution in [0.3, 0.4) is 0 Å². The van der Waals surface area contributed by atoms with Crippen LogP contribution in [-0.4, -0.2) is 33.7 Å². The van der Waals surface area contributed by atoms with E-state index in [0.717, 1.165) is 42.5 Å². The molecule has 1 saturated carbocycles. The molecule has 0 atom stereocenters. The Morgan fingerprint density at radius 3 is 2.52 bits per heavy atom. The first-order valence-electron chi connectivity index (χ1n) is 15.9. The van der Waals surface area contributed by atoms with Crippen LogP contribution in [0, 0.1) is 11.8 Å². The first-order valence-corrected chi connectivity index (χ1v) is 15.9. The van der Waals surface area contributed by atoms with Crippen molar-refractivity contribution in [3.05, 3.63) is 96.0 Å². The quantitative estimate of drug-likeness (QED) is 0.167. The molecule has 1 aliphatic carbocycles. The minimum atomic E-state index is -0.391. The number of oxazole rings is 1. The van der Waals surface area contributed by atoms with Gasteiger partial charge in [0.15, 0.2) is 5.69 Å². The van der Waals surface area contributed by atoms with Gasteiger partial charge in [0, 0.05) is 5.70 Å². The van der Waals surface area contributed by atoms with Crippen molar-refractivity contribution in [1.82, 2.24) is 25.4 Å². The topological polar surface area (TPSA) is 121 Å². The van der Waals surface area contributed by atoms with E-state index < -0.39 is 5.91 Å². The van der Waals surface area contributed by atoms with Crippen LogP contribution in [0.5, 0.6) is 11.5 Å². The minimum Gasteiger partial charge on any atom is -0.496 e. The molecule has 2 amide bonds. The molecule has 2 N–H and O–H groups in total. The van der Waals surface area contributed by atoms with Crippen molar-refractivity contribution >= 4 is 11.8 Å². The van der Waals surface area contributed by atoms with Crippen LogP contribution in [0.4, 0.5) is 0 Å². The highest BCUT2D eigenvalue weighted by molar-refractivity contribution is 5.95. The summed E-state index contributed by atoms with van der Waals surface area (Å²) in [5.41, 5.74) is 3.29. The van der Waals surface area contributed by atoms with Gasteiger partial charge in [-0.2, -0.15) is 5.10 Å². The molecule has 1 aliphatic rings. The van der Waals surface area contributed by atoms with Gasteiger partial charge in [0.1, 0.15) is 24.4 Å². The zero-order valence-corrected chi connectivity index (χ0v) is 27.0. The number of hydrogen-bond acceptors (Lipinski definition) is 7. The average molecular weight is 626 g/mol. The highest BCUT2D eigenvalue weighted by Crippen LogP contribution is 2.42. The van der Waals surface area contributed by atoms with Crippen molar-refractivity contribution < 1.29 is 23.5 Å². The molecule has 0 unspecified atom stereocenters. The van der Waals surface area contributed by atoms with Crippen LogP contribution < -0.4 is 20.1 Å². The summed E-state index contributed by atoms with van der Waals surface area (Å²) in [6, 6.07) is 17.6. The highest BCUT2D eigenvalue weighted by Gasteiger charge is 2.28. The number of nitrogens with zero attached hydrogens (tertiary/aromatic N) is 3. The number of nitrogens with one attached hydrogen (secondary N) is 2. The van der Waals surface area contributed by atoms with Crippen LogP contribution in [0.25, 0.3) is 11.3 Å². The number of methoxy groups -OCH3 is 1. The predicted molar refractivity (Wildman–Crippen MR) is 175 cm³/mol. The molecule has 46 heavy (non-hydrogen) atoms. The van der Waals surface area contributed by atoms with Crippen LogP contribution in [0.1, 0.15) is 80.9 Å². The Morgan fingerprint density at radius 2 is 1.83 bits per heavy atom. The summed E-state index contributed by atoms with van der Waals surface area (Å²) in [6.45, 7) is 6.80. The molecule has 0 saturated heterocycles. The molecule has 2 heterocycles. The van der Waals surface area contributed by atoms with Crippen LogP contribution in [0.15, 0.2) is 83.2 Å². The standard InChI is InChI=1S/C36H43N5O5/c1-24(2)19-27(20-33(42)38-22-34-37-17-18-45-34)39-36(43)29-21-30(41(40-29)28-15-13-25(3)14-16-28)35-31(44-4)11-8-12-32(35)46-23-26-9-6-5-7-10-26/h5-12,17-19,21,24-25,28H,13-16,20,22-23H2,1-4H3,(H,38,42)(H,39,43)/b27-19+. The summed E-state index contributed by atoms with van der Waals surface area (Å²) >= 11 is 0. The van der Waals surface area contributed by atoms with Gasteiger partial charge in [0.05, 0.1) is 43.6 Å². The SMILES string of the molecule is COc1cccc(OCc2ccccc2)c1-c1cc(C(=O)N/C(=C/C(C)C)CC(=O)NCc2ncco2)nn1C1CCC(C)CC1. The van der Waals surface area contributed by atoms with Gasteiger partial charge in [-0.3, -0.25) is 14.3 Å². The number of benzene rings is 2. The molecule has 1 fully saturated rings. The van der Waals surface area contributed by atoms with E-state index in [4.69, 9.17) is 19.0 Å². The molecule has 0 bridgehead atoms. The summed E-state index contributed by atoms with van der Waals surface area (Å²) in [5.74, 6) is 1.78. The zero-order valence-electron chi connectivity index (χ0n) is 27.0. The van der Waals surface area contributed by atoms with E-state index in [1.807, 2.05) is 73.1 Å². The lowest BCUT2D eigenvalue weighted by Crippen LogP contribution is -2.30. The monoisotopic (exact) mass is 625 g/mol. The summed E-state index contributed by atoms with van der Waals surface area (Å²) < 4.78 is 19.4. The average Bonchev–Trinajstić information content (AvgIpc) is 3.74. The summed E-state index contributed by atoms with van der Waals surface area (Å²) in [4.78, 5) is 30.6. The maximum absolute atomic E-state index is 13.8. The lowest BCUT2D eigenvalue weighted by molar-refractivity contribution is -0.120. The molecule has 2 aromatic heterocycles. The smallest absolute Gasteiger partial charge is 0.275 e. The van der Waals surface area contributed by atoms with Gasteiger partial charge >= 0.3 is 0 Å². The van der Waals surface area contributed by atoms with Gasteiger partial charge in [-0.15, -0.1) is 0 Å². The van der Waals surface area contributed by atoms with Gasteiger partial charge in [0.2, 0.25) is 11.8 Å². The summed E-state index contributed by atoms with van der Waals surface area (Å²) in [6.07, 6.45) is 8.91. The van der Waals surface area contributed by atoms with Gasteiger partial charge in [0.25, 0.3) is 5.91 Å². The Bertz CT molecular complexity index is 1620. The second-order valence-corrected chi connectivity index (χ2v) is 12.2. The number of aromatic nitrogens is 3. The van der Waals surface area contributed by atoms with Crippen molar-refractivity contribution in [3.63, 3.8) is 0 Å². The van der Waals surface area contributed by atoms with E-state index in [2.05, 4.69) is 22.5 Å². The van der Waals surface area contributed by atoms with Crippen LogP contribution >= 0.6 is 0 Å². The first-order chi connectivity index (χ1) is 22.3. The van der Waals surface area contributed by atoms with Gasteiger partial charge in [-0.1, -0.05) is 63.2 Å². The van der Waals surface area contributed by atoms with E-state index in [-0.39, 0.29) is 36.5 Å². The maximum Gasteiger partial charge on any atom is 0.275 e. The second-order valence-electron chi connectivity index (χ2n) is 12.2. The number of hydrogen-bond donors (Lipinski definition) is 2. The third-order valence-corrected chi connectivity index (χ3v) is 8.08. The molecule has 10 heteroatoms. The molecular formula is C36H43N5O5. The number of ether oxygens (including phenoxy) is 2. The molecule has 10 nitrogen and oxygen atoms in total. The Kier molecular flexibility index (Phi) is 10.9. The molecule has 0 aliphatic heterocycles. The van der Waals surface area contributed by atoms with E-state index in [0.29, 0.717) is 35.6 Å². The fourth-order valence-corrected chi connectivity index (χ4v) is 5.75. The lowest BCUT2D eigenvalue weighted by atomic mass is 9.87. The molecule has 2 aromatic carbocycles. The minimum absolute atomic E-state index is 0.0112. The third-order valence-electron chi connectivity index (χ3n) is 8.08. The number of rotatable bonds is 13. The number of carbonyl (C=O) groups is 2. The predicted octanol–water partition coefficient (Wildman–Crippen LogP) is 6.85. The Hall–Kier alpha value is -4.86. The molecule has 4 aromatic rings. The fourth-order valence-electron chi connectivity index (χ4n) is 5.75. The van der Waals surface area contributed by atoms with E-state index in [1.165, 1.54) is 12.5 Å². The van der Waals surface area contributed by atoms with Crippen molar-refractivity contribution in [3.8, 4) is 22.8 Å². The lowest BCUT2D eigenvalue weighted by Gasteiger charge is -2.28. The molecule has 0 radical (unpaired) electrons. The molecule has 0 spiro atoms. The highest BCUT2D eigenvalue weighted by atomic mass is 16.5. The normalized spacial score (nSPS) is 16.7. The first kappa shape index (κ1) is 32.5. The fraction of sp³-hybridized carbons (Fsp3) is 0.389.